The number of amides is 1. The maximum atomic E-state index is 11.0. The molecule has 0 unspecified atom stereocenters. The summed E-state index contributed by atoms with van der Waals surface area (Å²) in [5, 5.41) is 20.9. The second kappa shape index (κ2) is 6.81. The Morgan fingerprint density at radius 3 is 2.60 bits per heavy atom. The first kappa shape index (κ1) is 15.8. The number of halogens is 1. The predicted octanol–water partition coefficient (Wildman–Crippen LogP) is 2.01. The highest BCUT2D eigenvalue weighted by molar-refractivity contribution is 6.32. The minimum atomic E-state index is -1.29. The molecule has 1 rings (SSSR count). The third-order valence-corrected chi connectivity index (χ3v) is 2.49. The molecule has 0 radical (unpaired) electrons. The molecule has 0 aliphatic carbocycles. The van der Waals surface area contributed by atoms with Gasteiger partial charge in [0.1, 0.15) is 5.70 Å². The Kier molecular flexibility index (Phi) is 5.40. The van der Waals surface area contributed by atoms with Gasteiger partial charge in [-0.05, 0) is 30.7 Å². The summed E-state index contributed by atoms with van der Waals surface area (Å²) in [5.74, 6) is -1.88. The molecule has 1 amide bonds. The summed E-state index contributed by atoms with van der Waals surface area (Å²) in [7, 11) is 0. The van der Waals surface area contributed by atoms with Crippen molar-refractivity contribution in [2.45, 2.75) is 13.8 Å². The number of carboxylic acid groups (broad SMARTS) is 1. The van der Waals surface area contributed by atoms with Crippen molar-refractivity contribution in [2.24, 2.45) is 0 Å². The highest BCUT2D eigenvalue weighted by atomic mass is 35.5. The predicted molar refractivity (Wildman–Crippen MR) is 73.7 cm³/mol. The summed E-state index contributed by atoms with van der Waals surface area (Å²) < 4.78 is 5.18. The van der Waals surface area contributed by atoms with Gasteiger partial charge in [0, 0.05) is 6.92 Å². The van der Waals surface area contributed by atoms with Crippen LogP contribution in [-0.4, -0.2) is 28.7 Å². The van der Waals surface area contributed by atoms with E-state index in [4.69, 9.17) is 21.4 Å². The average Bonchev–Trinajstić information content (AvgIpc) is 2.34. The van der Waals surface area contributed by atoms with Crippen molar-refractivity contribution in [1.29, 1.82) is 0 Å². The molecule has 20 heavy (non-hydrogen) atoms. The summed E-state index contributed by atoms with van der Waals surface area (Å²) >= 11 is 5.83. The quantitative estimate of drug-likeness (QED) is 0.723. The van der Waals surface area contributed by atoms with E-state index in [-0.39, 0.29) is 22.2 Å². The van der Waals surface area contributed by atoms with Gasteiger partial charge in [-0.1, -0.05) is 11.6 Å². The molecule has 0 spiro atoms. The fourth-order valence-corrected chi connectivity index (χ4v) is 1.67. The smallest absolute Gasteiger partial charge is 0.352 e. The van der Waals surface area contributed by atoms with E-state index in [9.17, 15) is 14.7 Å². The van der Waals surface area contributed by atoms with Gasteiger partial charge in [0.2, 0.25) is 5.91 Å². The van der Waals surface area contributed by atoms with Crippen LogP contribution in [0.15, 0.2) is 17.8 Å². The van der Waals surface area contributed by atoms with Crippen molar-refractivity contribution >= 4 is 29.6 Å². The molecule has 0 fully saturated rings. The minimum Gasteiger partial charge on any atom is -0.503 e. The number of aromatic hydroxyl groups is 1. The maximum Gasteiger partial charge on any atom is 0.352 e. The van der Waals surface area contributed by atoms with Gasteiger partial charge in [-0.15, -0.1) is 0 Å². The van der Waals surface area contributed by atoms with Crippen molar-refractivity contribution in [2.75, 3.05) is 6.61 Å². The lowest BCUT2D eigenvalue weighted by Crippen LogP contribution is -2.24. The number of rotatable bonds is 5. The van der Waals surface area contributed by atoms with E-state index in [0.717, 1.165) is 0 Å². The number of phenols is 1. The van der Waals surface area contributed by atoms with Gasteiger partial charge in [-0.2, -0.15) is 0 Å². The number of hydrogen-bond donors (Lipinski definition) is 3. The second-order valence-corrected chi connectivity index (χ2v) is 4.23. The van der Waals surface area contributed by atoms with Crippen molar-refractivity contribution in [1.82, 2.24) is 5.32 Å². The van der Waals surface area contributed by atoms with E-state index in [2.05, 4.69) is 5.32 Å². The van der Waals surface area contributed by atoms with E-state index in [1.807, 2.05) is 0 Å². The molecule has 3 N–H and O–H groups in total. The van der Waals surface area contributed by atoms with Crippen LogP contribution in [0.2, 0.25) is 5.02 Å². The number of phenolic OH excluding ortho intramolecular Hbond substituents is 1. The van der Waals surface area contributed by atoms with Crippen LogP contribution in [0.5, 0.6) is 11.5 Å². The summed E-state index contributed by atoms with van der Waals surface area (Å²) in [4.78, 5) is 21.9. The lowest BCUT2D eigenvalue weighted by Gasteiger charge is -2.09. The van der Waals surface area contributed by atoms with E-state index in [1.165, 1.54) is 25.1 Å². The Balaban J connectivity index is 3.23. The molecule has 0 aliphatic rings. The number of ether oxygens (including phenoxy) is 1. The molecular weight excluding hydrogens is 286 g/mol. The number of aliphatic carboxylic acids is 1. The summed E-state index contributed by atoms with van der Waals surface area (Å²) in [6, 6.07) is 2.79. The van der Waals surface area contributed by atoms with Gasteiger partial charge in [-0.3, -0.25) is 4.79 Å². The van der Waals surface area contributed by atoms with Crippen LogP contribution in [0.4, 0.5) is 0 Å². The third-order valence-electron chi connectivity index (χ3n) is 2.20. The number of carbonyl (C=O) groups excluding carboxylic acids is 1. The van der Waals surface area contributed by atoms with Crippen LogP contribution >= 0.6 is 11.6 Å². The molecule has 0 bridgehead atoms. The van der Waals surface area contributed by atoms with Gasteiger partial charge in [0.05, 0.1) is 11.6 Å². The van der Waals surface area contributed by atoms with Crippen LogP contribution in [-0.2, 0) is 9.59 Å². The van der Waals surface area contributed by atoms with Crippen LogP contribution in [0.25, 0.3) is 6.08 Å². The number of carbonyl (C=O) groups is 2. The molecule has 0 aliphatic heterocycles. The van der Waals surface area contributed by atoms with Gasteiger partial charge in [-0.25, -0.2) is 4.79 Å². The molecule has 0 saturated carbocycles. The standard InChI is InChI=1S/C13H14ClNO5/c1-3-20-11-6-8(4-9(14)12(11)17)5-10(13(18)19)15-7(2)16/h4-6,17H,3H2,1-2H3,(H,15,16)(H,18,19)/b10-5+. The zero-order chi connectivity index (χ0) is 15.3. The van der Waals surface area contributed by atoms with Crippen LogP contribution in [0.1, 0.15) is 19.4 Å². The maximum absolute atomic E-state index is 11.0. The highest BCUT2D eigenvalue weighted by Crippen LogP contribution is 2.35. The largest absolute Gasteiger partial charge is 0.503 e. The van der Waals surface area contributed by atoms with Gasteiger partial charge < -0.3 is 20.3 Å². The Labute approximate surface area is 120 Å². The molecule has 0 heterocycles. The van der Waals surface area contributed by atoms with Crippen LogP contribution in [0.3, 0.4) is 0 Å². The molecule has 108 valence electrons. The molecule has 7 heteroatoms. The number of hydrogen-bond acceptors (Lipinski definition) is 4. The Morgan fingerprint density at radius 1 is 1.45 bits per heavy atom. The van der Waals surface area contributed by atoms with Crippen molar-refractivity contribution in [3.05, 3.63) is 28.4 Å². The zero-order valence-electron chi connectivity index (χ0n) is 10.9. The Bertz CT molecular complexity index is 568. The average molecular weight is 300 g/mol. The minimum absolute atomic E-state index is 0.0229. The third kappa shape index (κ3) is 4.17. The number of benzene rings is 1. The first-order valence-corrected chi connectivity index (χ1v) is 6.10. The zero-order valence-corrected chi connectivity index (χ0v) is 11.7. The monoisotopic (exact) mass is 299 g/mol. The van der Waals surface area contributed by atoms with Crippen LogP contribution < -0.4 is 10.1 Å². The SMILES string of the molecule is CCOc1cc(/C=C(/NC(C)=O)C(=O)O)cc(Cl)c1O. The summed E-state index contributed by atoms with van der Waals surface area (Å²) in [5.41, 5.74) is 0.0732. The Morgan fingerprint density at radius 2 is 2.10 bits per heavy atom. The topological polar surface area (TPSA) is 95.9 Å². The van der Waals surface area contributed by atoms with Crippen LogP contribution in [0, 0.1) is 0 Å². The fraction of sp³-hybridized carbons (Fsp3) is 0.231. The molecule has 1 aromatic rings. The molecule has 0 atom stereocenters. The van der Waals surface area contributed by atoms with Crippen molar-refractivity contribution in [3.8, 4) is 11.5 Å². The van der Waals surface area contributed by atoms with E-state index < -0.39 is 11.9 Å². The van der Waals surface area contributed by atoms with Crippen molar-refractivity contribution < 1.29 is 24.5 Å². The molecule has 0 saturated heterocycles. The normalized spacial score (nSPS) is 11.1. The fourth-order valence-electron chi connectivity index (χ4n) is 1.45. The lowest BCUT2D eigenvalue weighted by atomic mass is 10.1. The van der Waals surface area contributed by atoms with E-state index in [1.54, 1.807) is 6.92 Å². The summed E-state index contributed by atoms with van der Waals surface area (Å²) in [6.45, 7) is 3.25. The van der Waals surface area contributed by atoms with Gasteiger partial charge in [0.15, 0.2) is 11.5 Å². The summed E-state index contributed by atoms with van der Waals surface area (Å²) in [6.07, 6.45) is 1.22. The number of nitrogens with one attached hydrogen (secondary N) is 1. The van der Waals surface area contributed by atoms with Crippen molar-refractivity contribution in [3.63, 3.8) is 0 Å². The Hall–Kier alpha value is -2.21. The molecule has 0 aromatic heterocycles. The molecular formula is C13H14ClNO5. The first-order chi connectivity index (χ1) is 9.35. The molecule has 6 nitrogen and oxygen atoms in total. The lowest BCUT2D eigenvalue weighted by molar-refractivity contribution is -0.134. The van der Waals surface area contributed by atoms with E-state index >= 15 is 0 Å². The second-order valence-electron chi connectivity index (χ2n) is 3.83. The van der Waals surface area contributed by atoms with Gasteiger partial charge >= 0.3 is 5.97 Å². The molecule has 1 aromatic carbocycles. The first-order valence-electron chi connectivity index (χ1n) is 5.73. The van der Waals surface area contributed by atoms with E-state index in [0.29, 0.717) is 12.2 Å². The van der Waals surface area contributed by atoms with Gasteiger partial charge in [0.25, 0.3) is 0 Å². The highest BCUT2D eigenvalue weighted by Gasteiger charge is 2.12. The number of carboxylic acids is 1.